The molecule has 2 unspecified atom stereocenters. The molecule has 162 valence electrons. The Hall–Kier alpha value is -1.12. The van der Waals surface area contributed by atoms with E-state index in [1.807, 2.05) is 0 Å². The van der Waals surface area contributed by atoms with Crippen molar-refractivity contribution >= 4 is 0 Å². The third-order valence-corrected chi connectivity index (χ3v) is 8.29. The van der Waals surface area contributed by atoms with Gasteiger partial charge in [0.15, 0.2) is 0 Å². The molecule has 3 fully saturated rings. The molecule has 2 heteroatoms. The standard InChI is InChI=1S/C27H42O2/c1-18(2)8-6-9-19(3)23-13-14-24-22(10-7-15-27(23,24)5)12-11-21-16-25(28)20(4)26(29)17-21/h11-12,19,23-26,28-29H,1,4,6-10,13-17H2,2-3,5H3/b22-12+/t19-,23?,24?,25+,26+,27+/m0/s1. The van der Waals surface area contributed by atoms with Gasteiger partial charge in [-0.2, -0.15) is 0 Å². The highest BCUT2D eigenvalue weighted by molar-refractivity contribution is 5.29. The first-order chi connectivity index (χ1) is 13.7. The van der Waals surface area contributed by atoms with Crippen LogP contribution in [0.5, 0.6) is 0 Å². The lowest BCUT2D eigenvalue weighted by molar-refractivity contribution is 0.0935. The van der Waals surface area contributed by atoms with Crippen LogP contribution in [-0.4, -0.2) is 22.4 Å². The normalized spacial score (nSPS) is 37.5. The molecule has 0 amide bonds. The van der Waals surface area contributed by atoms with E-state index in [0.29, 0.717) is 29.7 Å². The number of aliphatic hydroxyl groups excluding tert-OH is 2. The van der Waals surface area contributed by atoms with Crippen molar-refractivity contribution in [2.45, 2.75) is 97.2 Å². The molecule has 0 aromatic rings. The van der Waals surface area contributed by atoms with Gasteiger partial charge in [-0.05, 0) is 93.5 Å². The fourth-order valence-electron chi connectivity index (χ4n) is 6.57. The van der Waals surface area contributed by atoms with Crippen molar-refractivity contribution < 1.29 is 10.2 Å². The molecule has 0 saturated heterocycles. The zero-order chi connectivity index (χ0) is 21.2. The molecule has 3 aliphatic carbocycles. The second-order valence-electron chi connectivity index (χ2n) is 10.5. The lowest BCUT2D eigenvalue weighted by Gasteiger charge is -2.44. The van der Waals surface area contributed by atoms with Crippen LogP contribution in [0.4, 0.5) is 0 Å². The summed E-state index contributed by atoms with van der Waals surface area (Å²) in [4.78, 5) is 0. The van der Waals surface area contributed by atoms with Crippen molar-refractivity contribution in [3.63, 3.8) is 0 Å². The number of hydrogen-bond donors (Lipinski definition) is 2. The van der Waals surface area contributed by atoms with E-state index in [1.165, 1.54) is 56.9 Å². The molecule has 3 saturated carbocycles. The fourth-order valence-corrected chi connectivity index (χ4v) is 6.57. The van der Waals surface area contributed by atoms with Crippen LogP contribution in [-0.2, 0) is 0 Å². The zero-order valence-electron chi connectivity index (χ0n) is 18.9. The summed E-state index contributed by atoms with van der Waals surface area (Å²) in [5, 5.41) is 20.2. The van der Waals surface area contributed by atoms with E-state index in [9.17, 15) is 10.2 Å². The Morgan fingerprint density at radius 1 is 1.21 bits per heavy atom. The number of rotatable bonds is 6. The molecule has 0 aliphatic heterocycles. The quantitative estimate of drug-likeness (QED) is 0.501. The van der Waals surface area contributed by atoms with Gasteiger partial charge < -0.3 is 10.2 Å². The van der Waals surface area contributed by atoms with Crippen LogP contribution in [0.25, 0.3) is 0 Å². The van der Waals surface area contributed by atoms with Crippen LogP contribution >= 0.6 is 0 Å². The molecule has 0 radical (unpaired) electrons. The molecule has 29 heavy (non-hydrogen) atoms. The molecular weight excluding hydrogens is 356 g/mol. The summed E-state index contributed by atoms with van der Waals surface area (Å²) in [5.74, 6) is 2.32. The smallest absolute Gasteiger partial charge is 0.0809 e. The van der Waals surface area contributed by atoms with Gasteiger partial charge in [0.25, 0.3) is 0 Å². The van der Waals surface area contributed by atoms with Gasteiger partial charge >= 0.3 is 0 Å². The highest BCUT2D eigenvalue weighted by atomic mass is 16.3. The summed E-state index contributed by atoms with van der Waals surface area (Å²) in [6, 6.07) is 0. The second kappa shape index (κ2) is 9.35. The van der Waals surface area contributed by atoms with E-state index in [1.54, 1.807) is 5.57 Å². The van der Waals surface area contributed by atoms with E-state index >= 15 is 0 Å². The van der Waals surface area contributed by atoms with Gasteiger partial charge in [0.2, 0.25) is 0 Å². The van der Waals surface area contributed by atoms with Gasteiger partial charge in [0.05, 0.1) is 12.2 Å². The van der Waals surface area contributed by atoms with Gasteiger partial charge in [-0.1, -0.05) is 55.7 Å². The first-order valence-electron chi connectivity index (χ1n) is 11.8. The second-order valence-corrected chi connectivity index (χ2v) is 10.5. The molecular formula is C27H42O2. The average molecular weight is 399 g/mol. The lowest BCUT2D eigenvalue weighted by Crippen LogP contribution is -2.36. The number of allylic oxidation sites excluding steroid dienone is 4. The number of fused-ring (bicyclic) bond motifs is 1. The molecule has 0 aromatic heterocycles. The minimum Gasteiger partial charge on any atom is -0.388 e. The summed E-state index contributed by atoms with van der Waals surface area (Å²) in [6.07, 6.45) is 14.9. The third kappa shape index (κ3) is 4.97. The molecule has 0 aromatic carbocycles. The Morgan fingerprint density at radius 3 is 2.55 bits per heavy atom. The Labute approximate surface area is 178 Å². The molecule has 0 heterocycles. The van der Waals surface area contributed by atoms with Crippen molar-refractivity contribution in [3.05, 3.63) is 47.6 Å². The molecule has 3 rings (SSSR count). The maximum Gasteiger partial charge on any atom is 0.0809 e. The third-order valence-electron chi connectivity index (χ3n) is 8.29. The minimum atomic E-state index is -0.601. The first kappa shape index (κ1) is 22.6. The van der Waals surface area contributed by atoms with Gasteiger partial charge in [-0.15, -0.1) is 6.58 Å². The largest absolute Gasteiger partial charge is 0.388 e. The summed E-state index contributed by atoms with van der Waals surface area (Å²) in [7, 11) is 0. The number of hydrogen-bond acceptors (Lipinski definition) is 2. The Kier molecular flexibility index (Phi) is 7.27. The summed E-state index contributed by atoms with van der Waals surface area (Å²) in [6.45, 7) is 15.1. The first-order valence-corrected chi connectivity index (χ1v) is 11.8. The average Bonchev–Trinajstić information content (AvgIpc) is 3.01. The van der Waals surface area contributed by atoms with Crippen molar-refractivity contribution in [3.8, 4) is 0 Å². The van der Waals surface area contributed by atoms with Crippen LogP contribution in [0, 0.1) is 23.2 Å². The molecule has 2 N–H and O–H groups in total. The molecule has 0 spiro atoms. The Bertz CT molecular complexity index is 669. The maximum atomic E-state index is 10.1. The monoisotopic (exact) mass is 398 g/mol. The fraction of sp³-hybridized carbons (Fsp3) is 0.704. The van der Waals surface area contributed by atoms with Gasteiger partial charge in [0.1, 0.15) is 0 Å². The lowest BCUT2D eigenvalue weighted by atomic mass is 9.60. The SMILES string of the molecule is C=C(C)CCC[C@H](C)C1CCC2/C(=C/C=C3C[C@@H](O)C(=C)[C@H](O)C3)CCC[C@@]21C. The Morgan fingerprint density at radius 2 is 1.90 bits per heavy atom. The number of aliphatic hydroxyl groups is 2. The minimum absolute atomic E-state index is 0.436. The highest BCUT2D eigenvalue weighted by Crippen LogP contribution is 2.59. The van der Waals surface area contributed by atoms with E-state index < -0.39 is 12.2 Å². The molecule has 2 nitrogen and oxygen atoms in total. The summed E-state index contributed by atoms with van der Waals surface area (Å²) >= 11 is 0. The zero-order valence-corrected chi connectivity index (χ0v) is 18.9. The van der Waals surface area contributed by atoms with E-state index in [4.69, 9.17) is 0 Å². The van der Waals surface area contributed by atoms with E-state index in [2.05, 4.69) is 46.1 Å². The van der Waals surface area contributed by atoms with E-state index in [-0.39, 0.29) is 0 Å². The van der Waals surface area contributed by atoms with E-state index in [0.717, 1.165) is 17.4 Å². The van der Waals surface area contributed by atoms with Gasteiger partial charge in [-0.25, -0.2) is 0 Å². The predicted molar refractivity (Wildman–Crippen MR) is 123 cm³/mol. The Balaban J connectivity index is 1.69. The summed E-state index contributed by atoms with van der Waals surface area (Å²) < 4.78 is 0. The van der Waals surface area contributed by atoms with Crippen LogP contribution in [0.15, 0.2) is 47.6 Å². The van der Waals surface area contributed by atoms with Crippen LogP contribution in [0.2, 0.25) is 0 Å². The van der Waals surface area contributed by atoms with Gasteiger partial charge in [-0.3, -0.25) is 0 Å². The van der Waals surface area contributed by atoms with Crippen molar-refractivity contribution in [1.29, 1.82) is 0 Å². The van der Waals surface area contributed by atoms with Crippen LogP contribution < -0.4 is 0 Å². The van der Waals surface area contributed by atoms with Crippen molar-refractivity contribution in [2.75, 3.05) is 0 Å². The molecule has 3 aliphatic rings. The molecule has 6 atom stereocenters. The van der Waals surface area contributed by atoms with Gasteiger partial charge in [0, 0.05) is 0 Å². The molecule has 0 bridgehead atoms. The van der Waals surface area contributed by atoms with Crippen molar-refractivity contribution in [1.82, 2.24) is 0 Å². The van der Waals surface area contributed by atoms with Crippen LogP contribution in [0.1, 0.15) is 85.0 Å². The van der Waals surface area contributed by atoms with Crippen molar-refractivity contribution in [2.24, 2.45) is 23.2 Å². The predicted octanol–water partition coefficient (Wildman–Crippen LogP) is 6.51. The summed E-state index contributed by atoms with van der Waals surface area (Å²) in [5.41, 5.74) is 5.08. The van der Waals surface area contributed by atoms with Crippen LogP contribution in [0.3, 0.4) is 0 Å². The maximum absolute atomic E-state index is 10.1. The highest BCUT2D eigenvalue weighted by Gasteiger charge is 2.50. The topological polar surface area (TPSA) is 40.5 Å².